The molecule has 2 heterocycles. The smallest absolute Gasteiger partial charge is 0.243 e. The van der Waals surface area contributed by atoms with Crippen LogP contribution in [-0.4, -0.2) is 47.0 Å². The fraction of sp³-hybridized carbons (Fsp3) is 0.667. The molecule has 1 aliphatic heterocycles. The molecule has 1 amide bonds. The molecule has 1 aliphatic rings. The van der Waals surface area contributed by atoms with Crippen molar-refractivity contribution in [2.24, 2.45) is 5.84 Å². The summed E-state index contributed by atoms with van der Waals surface area (Å²) in [5.41, 5.74) is 2.43. The zero-order valence-electron chi connectivity index (χ0n) is 12.4. The van der Waals surface area contributed by atoms with E-state index < -0.39 is 6.04 Å². The van der Waals surface area contributed by atoms with Crippen molar-refractivity contribution < 1.29 is 4.79 Å². The van der Waals surface area contributed by atoms with Crippen molar-refractivity contribution in [2.45, 2.75) is 32.2 Å². The summed E-state index contributed by atoms with van der Waals surface area (Å²) in [6.07, 6.45) is 3.46. The van der Waals surface area contributed by atoms with Crippen LogP contribution in [0.15, 0.2) is 0 Å². The number of amides is 1. The van der Waals surface area contributed by atoms with Crippen molar-refractivity contribution in [1.29, 1.82) is 0 Å². The minimum Gasteiger partial charge on any atom is -0.357 e. The maximum Gasteiger partial charge on any atom is 0.243 e. The number of piperidine rings is 1. The zero-order chi connectivity index (χ0) is 15.2. The van der Waals surface area contributed by atoms with Gasteiger partial charge in [0.25, 0.3) is 0 Å². The molecule has 5 N–H and O–H groups in total. The molecule has 0 bridgehead atoms. The Morgan fingerprint density at radius 1 is 1.19 bits per heavy atom. The Labute approximate surface area is 123 Å². The molecule has 1 unspecified atom stereocenters. The fourth-order valence-corrected chi connectivity index (χ4v) is 2.20. The number of carbonyl (C=O) groups excluding carboxylic acids is 1. The van der Waals surface area contributed by atoms with Crippen LogP contribution in [0.5, 0.6) is 0 Å². The number of nitrogens with one attached hydrogen (secondary N) is 3. The lowest BCUT2D eigenvalue weighted by Crippen LogP contribution is -2.36. The summed E-state index contributed by atoms with van der Waals surface area (Å²) in [6, 6.07) is -0.447. The Balaban J connectivity index is 2.18. The molecule has 1 saturated heterocycles. The molecule has 21 heavy (non-hydrogen) atoms. The highest BCUT2D eigenvalue weighted by Crippen LogP contribution is 2.18. The van der Waals surface area contributed by atoms with E-state index in [1.54, 1.807) is 14.0 Å². The van der Waals surface area contributed by atoms with Crippen LogP contribution in [0.2, 0.25) is 0 Å². The van der Waals surface area contributed by atoms with Gasteiger partial charge < -0.3 is 15.5 Å². The van der Waals surface area contributed by atoms with Gasteiger partial charge in [0.1, 0.15) is 6.04 Å². The molecule has 0 saturated carbocycles. The Morgan fingerprint density at radius 2 is 1.86 bits per heavy atom. The summed E-state index contributed by atoms with van der Waals surface area (Å²) < 4.78 is 0. The number of likely N-dealkylation sites (N-methyl/N-ethyl adjacent to an activating group) is 1. The first-order valence-corrected chi connectivity index (χ1v) is 7.10. The molecule has 1 aromatic heterocycles. The van der Waals surface area contributed by atoms with Gasteiger partial charge in [-0.1, -0.05) is 0 Å². The number of rotatable bonds is 5. The van der Waals surface area contributed by atoms with Crippen LogP contribution in [0, 0.1) is 0 Å². The summed E-state index contributed by atoms with van der Waals surface area (Å²) >= 11 is 0. The maximum absolute atomic E-state index is 11.6. The van der Waals surface area contributed by atoms with E-state index in [2.05, 4.69) is 35.9 Å². The molecule has 0 radical (unpaired) electrons. The second kappa shape index (κ2) is 7.02. The van der Waals surface area contributed by atoms with Crippen molar-refractivity contribution in [3.63, 3.8) is 0 Å². The second-order valence-electron chi connectivity index (χ2n) is 4.95. The lowest BCUT2D eigenvalue weighted by molar-refractivity contribution is -0.121. The number of carbonyl (C=O) groups is 1. The van der Waals surface area contributed by atoms with Crippen molar-refractivity contribution >= 4 is 23.8 Å². The van der Waals surface area contributed by atoms with Crippen molar-refractivity contribution in [2.75, 3.05) is 35.8 Å². The van der Waals surface area contributed by atoms with Crippen molar-refractivity contribution in [3.05, 3.63) is 0 Å². The molecule has 9 nitrogen and oxygen atoms in total. The normalized spacial score (nSPS) is 16.2. The van der Waals surface area contributed by atoms with Crippen molar-refractivity contribution in [3.8, 4) is 0 Å². The van der Waals surface area contributed by atoms with Gasteiger partial charge in [-0.3, -0.25) is 10.2 Å². The number of anilines is 3. The third kappa shape index (κ3) is 3.91. The van der Waals surface area contributed by atoms with E-state index in [0.717, 1.165) is 25.9 Å². The molecule has 116 valence electrons. The third-order valence-electron chi connectivity index (χ3n) is 3.38. The topological polar surface area (TPSA) is 121 Å². The highest BCUT2D eigenvalue weighted by molar-refractivity contribution is 5.83. The van der Waals surface area contributed by atoms with E-state index in [1.807, 2.05) is 0 Å². The van der Waals surface area contributed by atoms with Crippen LogP contribution >= 0.6 is 0 Å². The second-order valence-corrected chi connectivity index (χ2v) is 4.95. The van der Waals surface area contributed by atoms with E-state index in [-0.39, 0.29) is 11.9 Å². The minimum absolute atomic E-state index is 0.141. The highest BCUT2D eigenvalue weighted by atomic mass is 16.2. The summed E-state index contributed by atoms with van der Waals surface area (Å²) in [7, 11) is 1.58. The molecular formula is C12H22N8O. The van der Waals surface area contributed by atoms with E-state index in [4.69, 9.17) is 5.84 Å². The van der Waals surface area contributed by atoms with Gasteiger partial charge in [0.05, 0.1) is 0 Å². The monoisotopic (exact) mass is 294 g/mol. The number of hydrogen-bond acceptors (Lipinski definition) is 8. The summed E-state index contributed by atoms with van der Waals surface area (Å²) in [5, 5.41) is 5.52. The number of nitrogens with zero attached hydrogens (tertiary/aromatic N) is 4. The predicted octanol–water partition coefficient (Wildman–Crippen LogP) is -0.306. The predicted molar refractivity (Wildman–Crippen MR) is 80.9 cm³/mol. The van der Waals surface area contributed by atoms with Gasteiger partial charge in [0.15, 0.2) is 0 Å². The lowest BCUT2D eigenvalue weighted by Gasteiger charge is -2.27. The molecule has 0 spiro atoms. The van der Waals surface area contributed by atoms with Crippen LogP contribution in [0.3, 0.4) is 0 Å². The SMILES string of the molecule is CNC(=O)C(C)Nc1nc(NN)nc(N2CCCCC2)n1. The molecule has 1 atom stereocenters. The van der Waals surface area contributed by atoms with Crippen LogP contribution in [0.1, 0.15) is 26.2 Å². The molecule has 0 aliphatic carbocycles. The van der Waals surface area contributed by atoms with Gasteiger partial charge in [-0.25, -0.2) is 5.84 Å². The number of nitrogen functional groups attached to an aromatic ring is 1. The fourth-order valence-electron chi connectivity index (χ4n) is 2.20. The van der Waals surface area contributed by atoms with Gasteiger partial charge in [0.2, 0.25) is 23.8 Å². The van der Waals surface area contributed by atoms with Crippen molar-refractivity contribution in [1.82, 2.24) is 20.3 Å². The Kier molecular flexibility index (Phi) is 5.09. The van der Waals surface area contributed by atoms with E-state index >= 15 is 0 Å². The quantitative estimate of drug-likeness (QED) is 0.431. The largest absolute Gasteiger partial charge is 0.357 e. The number of hydrazine groups is 1. The molecular weight excluding hydrogens is 272 g/mol. The molecule has 9 heteroatoms. The van der Waals surface area contributed by atoms with Gasteiger partial charge in [-0.05, 0) is 26.2 Å². The number of nitrogens with two attached hydrogens (primary N) is 1. The van der Waals surface area contributed by atoms with Gasteiger partial charge in [0, 0.05) is 20.1 Å². The van der Waals surface area contributed by atoms with Crippen LogP contribution in [0.25, 0.3) is 0 Å². The summed E-state index contributed by atoms with van der Waals surface area (Å²) in [5.74, 6) is 6.44. The Morgan fingerprint density at radius 3 is 2.48 bits per heavy atom. The Hall–Kier alpha value is -2.16. The number of aromatic nitrogens is 3. The van der Waals surface area contributed by atoms with Gasteiger partial charge >= 0.3 is 0 Å². The average Bonchev–Trinajstić information content (AvgIpc) is 2.54. The average molecular weight is 294 g/mol. The van der Waals surface area contributed by atoms with Gasteiger partial charge in [-0.15, -0.1) is 0 Å². The molecule has 2 rings (SSSR count). The first kappa shape index (κ1) is 15.2. The molecule has 0 aromatic carbocycles. The molecule has 1 aromatic rings. The van der Waals surface area contributed by atoms with E-state index in [0.29, 0.717) is 11.9 Å². The standard InChI is InChI=1S/C12H22N8O/c1-8(9(21)14-2)15-10-16-11(19-13)18-12(17-10)20-6-4-3-5-7-20/h8H,3-7,13H2,1-2H3,(H,14,21)(H2,15,16,17,18,19). The van der Waals surface area contributed by atoms with Crippen LogP contribution < -0.4 is 26.8 Å². The number of hydrogen-bond donors (Lipinski definition) is 4. The highest BCUT2D eigenvalue weighted by Gasteiger charge is 2.18. The van der Waals surface area contributed by atoms with Crippen LogP contribution in [0.4, 0.5) is 17.8 Å². The summed E-state index contributed by atoms with van der Waals surface area (Å²) in [6.45, 7) is 3.57. The van der Waals surface area contributed by atoms with Gasteiger partial charge in [-0.2, -0.15) is 15.0 Å². The molecule has 1 fully saturated rings. The zero-order valence-corrected chi connectivity index (χ0v) is 12.4. The first-order chi connectivity index (χ1) is 10.1. The third-order valence-corrected chi connectivity index (χ3v) is 3.38. The van der Waals surface area contributed by atoms with E-state index in [9.17, 15) is 4.79 Å². The van der Waals surface area contributed by atoms with Crippen LogP contribution in [-0.2, 0) is 4.79 Å². The maximum atomic E-state index is 11.6. The lowest BCUT2D eigenvalue weighted by atomic mass is 10.1. The first-order valence-electron chi connectivity index (χ1n) is 7.10. The van der Waals surface area contributed by atoms with E-state index in [1.165, 1.54) is 6.42 Å². The Bertz CT molecular complexity index is 488. The minimum atomic E-state index is -0.447. The summed E-state index contributed by atoms with van der Waals surface area (Å²) in [4.78, 5) is 26.4.